The molecule has 14 nitrogen and oxygen atoms in total. The van der Waals surface area contributed by atoms with Crippen LogP contribution in [0.3, 0.4) is 0 Å². The van der Waals surface area contributed by atoms with E-state index in [9.17, 15) is 28.8 Å². The normalized spacial score (nSPS) is 15.5. The number of likely N-dealkylation sites (tertiary alicyclic amines) is 1. The average Bonchev–Trinajstić information content (AvgIpc) is 3.39. The number of hydrogen-bond acceptors (Lipinski definition) is 10. The molecular weight excluding hydrogens is 675 g/mol. The van der Waals surface area contributed by atoms with Gasteiger partial charge in [0.05, 0.1) is 23.9 Å². The minimum atomic E-state index is -1.14. The Bertz CT molecular complexity index is 1630. The van der Waals surface area contributed by atoms with Gasteiger partial charge in [-0.25, -0.2) is 4.79 Å². The maximum Gasteiger partial charge on any atom is 0.412 e. The minimum absolute atomic E-state index is 0.0111. The van der Waals surface area contributed by atoms with E-state index in [2.05, 4.69) is 16.0 Å². The van der Waals surface area contributed by atoms with E-state index in [0.717, 1.165) is 22.9 Å². The molecule has 1 fully saturated rings. The van der Waals surface area contributed by atoms with E-state index in [1.54, 1.807) is 48.5 Å². The molecule has 0 aromatic heterocycles. The predicted molar refractivity (Wildman–Crippen MR) is 195 cm³/mol. The summed E-state index contributed by atoms with van der Waals surface area (Å²) in [7, 11) is 0. The van der Waals surface area contributed by atoms with Gasteiger partial charge in [0, 0.05) is 24.4 Å². The summed E-state index contributed by atoms with van der Waals surface area (Å²) in [5.41, 5.74) is 19.7. The SMILES string of the molecule is CC.NC(=O)[C@H](CSC1CC(=O)N(Cc2ccccc2)C1=O)NC(=O)[C@@H](N)CCNC(=O)Oc1ccc(C[C@H](N)C(=O)Nc2ccccc2)cc1. The molecule has 0 spiro atoms. The Labute approximate surface area is 301 Å². The van der Waals surface area contributed by atoms with Gasteiger partial charge >= 0.3 is 6.09 Å². The van der Waals surface area contributed by atoms with Crippen LogP contribution in [-0.2, 0) is 36.9 Å². The van der Waals surface area contributed by atoms with Gasteiger partial charge in [0.1, 0.15) is 11.8 Å². The topological polar surface area (TPSA) is 229 Å². The van der Waals surface area contributed by atoms with E-state index in [0.29, 0.717) is 5.69 Å². The summed E-state index contributed by atoms with van der Waals surface area (Å²) in [6, 6.07) is 21.6. The molecule has 0 bridgehead atoms. The molecule has 272 valence electrons. The highest BCUT2D eigenvalue weighted by Gasteiger charge is 2.39. The van der Waals surface area contributed by atoms with Crippen LogP contribution in [0.15, 0.2) is 84.9 Å². The number of carbonyl (C=O) groups is 6. The highest BCUT2D eigenvalue weighted by molar-refractivity contribution is 8.00. The summed E-state index contributed by atoms with van der Waals surface area (Å²) in [5, 5.41) is 7.04. The maximum atomic E-state index is 12.8. The van der Waals surface area contributed by atoms with Crippen molar-refractivity contribution in [1.29, 1.82) is 0 Å². The van der Waals surface area contributed by atoms with Crippen molar-refractivity contribution < 1.29 is 33.5 Å². The number of primary amides is 1. The van der Waals surface area contributed by atoms with E-state index in [1.165, 1.54) is 4.90 Å². The quantitative estimate of drug-likeness (QED) is 0.118. The van der Waals surface area contributed by atoms with Gasteiger partial charge in [0.15, 0.2) is 0 Å². The van der Waals surface area contributed by atoms with E-state index in [1.807, 2.05) is 50.2 Å². The number of para-hydroxylation sites is 1. The standard InChI is InChI=1S/C34H39N7O7S.C2H6/c35-25(31(44)40-27(30(37)43)20-49-28-18-29(42)41(33(28)46)19-22-7-3-1-4-8-22)15-16-38-34(47)48-24-13-11-21(12-14-24)17-26(36)32(45)39-23-9-5-2-6-10-23;1-2/h1-14,25-28H,15-20,35-36H2,(H2,37,43)(H,38,47)(H,39,45)(H,40,44);1-2H3/t25-,26-,27-,28?;/m0./s1. The number of nitrogens with two attached hydrogens (primary N) is 3. The second kappa shape index (κ2) is 20.4. The average molecular weight is 720 g/mol. The second-order valence-electron chi connectivity index (χ2n) is 11.3. The highest BCUT2D eigenvalue weighted by Crippen LogP contribution is 2.27. The lowest BCUT2D eigenvalue weighted by molar-refractivity contribution is -0.139. The van der Waals surface area contributed by atoms with Crippen LogP contribution in [0.4, 0.5) is 10.5 Å². The van der Waals surface area contributed by atoms with Crippen LogP contribution < -0.4 is 37.9 Å². The number of benzene rings is 3. The first-order valence-electron chi connectivity index (χ1n) is 16.5. The zero-order chi connectivity index (χ0) is 37.3. The summed E-state index contributed by atoms with van der Waals surface area (Å²) in [6.07, 6.45) is -0.510. The first-order chi connectivity index (χ1) is 24.5. The van der Waals surface area contributed by atoms with Gasteiger partial charge in [-0.15, -0.1) is 11.8 Å². The molecule has 51 heavy (non-hydrogen) atoms. The van der Waals surface area contributed by atoms with Gasteiger partial charge in [-0.05, 0) is 48.2 Å². The van der Waals surface area contributed by atoms with Crippen LogP contribution in [0.5, 0.6) is 5.75 Å². The molecule has 4 atom stereocenters. The molecule has 6 amide bonds. The lowest BCUT2D eigenvalue weighted by atomic mass is 10.1. The lowest BCUT2D eigenvalue weighted by Gasteiger charge is -2.20. The smallest absolute Gasteiger partial charge is 0.410 e. The van der Waals surface area contributed by atoms with Gasteiger partial charge in [-0.3, -0.25) is 28.9 Å². The molecule has 1 heterocycles. The molecule has 1 aliphatic heterocycles. The maximum absolute atomic E-state index is 12.8. The van der Waals surface area contributed by atoms with E-state index >= 15 is 0 Å². The Balaban J connectivity index is 0.00000345. The second-order valence-corrected chi connectivity index (χ2v) is 12.6. The Kier molecular flexibility index (Phi) is 16.1. The third-order valence-corrected chi connectivity index (χ3v) is 8.84. The molecule has 1 saturated heterocycles. The summed E-state index contributed by atoms with van der Waals surface area (Å²) in [5.74, 6) is -2.30. The molecule has 4 rings (SSSR count). The van der Waals surface area contributed by atoms with Crippen LogP contribution in [-0.4, -0.2) is 76.2 Å². The van der Waals surface area contributed by atoms with Crippen molar-refractivity contribution in [3.05, 3.63) is 96.1 Å². The minimum Gasteiger partial charge on any atom is -0.410 e. The number of anilines is 1. The molecule has 0 radical (unpaired) electrons. The fourth-order valence-corrected chi connectivity index (χ4v) is 6.00. The van der Waals surface area contributed by atoms with Gasteiger partial charge in [0.25, 0.3) is 0 Å². The number of thioether (sulfide) groups is 1. The van der Waals surface area contributed by atoms with Crippen LogP contribution >= 0.6 is 11.8 Å². The van der Waals surface area contributed by atoms with Crippen molar-refractivity contribution in [2.45, 2.75) is 63.0 Å². The first-order valence-corrected chi connectivity index (χ1v) is 17.6. The number of imide groups is 1. The number of nitrogens with one attached hydrogen (secondary N) is 3. The monoisotopic (exact) mass is 719 g/mol. The number of rotatable bonds is 16. The Hall–Kier alpha value is -5.25. The summed E-state index contributed by atoms with van der Waals surface area (Å²) in [6.45, 7) is 4.14. The van der Waals surface area contributed by atoms with Gasteiger partial charge in [0.2, 0.25) is 29.5 Å². The largest absolute Gasteiger partial charge is 0.412 e. The zero-order valence-electron chi connectivity index (χ0n) is 28.6. The van der Waals surface area contributed by atoms with Gasteiger partial charge in [-0.1, -0.05) is 74.5 Å². The van der Waals surface area contributed by atoms with Crippen molar-refractivity contribution in [1.82, 2.24) is 15.5 Å². The fraction of sp³-hybridized carbons (Fsp3) is 0.333. The van der Waals surface area contributed by atoms with Crippen molar-refractivity contribution in [2.24, 2.45) is 17.2 Å². The molecular formula is C36H45N7O7S. The van der Waals surface area contributed by atoms with Crippen molar-refractivity contribution in [3.8, 4) is 5.75 Å². The van der Waals surface area contributed by atoms with Crippen molar-refractivity contribution in [2.75, 3.05) is 17.6 Å². The molecule has 0 saturated carbocycles. The molecule has 1 unspecified atom stereocenters. The van der Waals surface area contributed by atoms with E-state index in [-0.39, 0.29) is 61.6 Å². The number of nitrogens with zero attached hydrogens (tertiary/aromatic N) is 1. The third kappa shape index (κ3) is 12.9. The molecule has 1 aliphatic rings. The Morgan fingerprint density at radius 2 is 1.49 bits per heavy atom. The summed E-state index contributed by atoms with van der Waals surface area (Å²) < 4.78 is 5.26. The fourth-order valence-electron chi connectivity index (χ4n) is 4.80. The van der Waals surface area contributed by atoms with Crippen LogP contribution in [0, 0.1) is 0 Å². The first kappa shape index (κ1) is 40.2. The number of amides is 6. The number of ether oxygens (including phenoxy) is 1. The van der Waals surface area contributed by atoms with E-state index < -0.39 is 41.3 Å². The van der Waals surface area contributed by atoms with Gasteiger partial charge in [-0.2, -0.15) is 0 Å². The van der Waals surface area contributed by atoms with Gasteiger partial charge < -0.3 is 37.9 Å². The Morgan fingerprint density at radius 3 is 2.12 bits per heavy atom. The number of hydrogen-bond donors (Lipinski definition) is 6. The molecule has 0 aliphatic carbocycles. The van der Waals surface area contributed by atoms with Crippen molar-refractivity contribution >= 4 is 53.1 Å². The van der Waals surface area contributed by atoms with Crippen LogP contribution in [0.25, 0.3) is 0 Å². The highest BCUT2D eigenvalue weighted by atomic mass is 32.2. The molecule has 3 aromatic carbocycles. The van der Waals surface area contributed by atoms with E-state index in [4.69, 9.17) is 21.9 Å². The Morgan fingerprint density at radius 1 is 0.863 bits per heavy atom. The summed E-state index contributed by atoms with van der Waals surface area (Å²) in [4.78, 5) is 75.9. The molecule has 9 N–H and O–H groups in total. The van der Waals surface area contributed by atoms with Crippen LogP contribution in [0.2, 0.25) is 0 Å². The van der Waals surface area contributed by atoms with Crippen LogP contribution in [0.1, 0.15) is 37.8 Å². The lowest BCUT2D eigenvalue weighted by Crippen LogP contribution is -2.52. The third-order valence-electron chi connectivity index (χ3n) is 7.54. The molecule has 15 heteroatoms. The predicted octanol–water partition coefficient (Wildman–Crippen LogP) is 2.06. The number of carbonyl (C=O) groups excluding carboxylic acids is 6. The molecule has 3 aromatic rings. The summed E-state index contributed by atoms with van der Waals surface area (Å²) >= 11 is 1.06. The zero-order valence-corrected chi connectivity index (χ0v) is 29.4. The van der Waals surface area contributed by atoms with Crippen molar-refractivity contribution in [3.63, 3.8) is 0 Å².